The second-order valence-electron chi connectivity index (χ2n) is 4.73. The Hall–Kier alpha value is -2.95. The smallest absolute Gasteiger partial charge is 0.336 e. The molecule has 0 spiro atoms. The summed E-state index contributed by atoms with van der Waals surface area (Å²) in [5, 5.41) is 10.1. The first-order chi connectivity index (χ1) is 10.6. The number of phenols is 1. The molecular formula is C17H14O5. The summed E-state index contributed by atoms with van der Waals surface area (Å²) in [6, 6.07) is 11.4. The lowest BCUT2D eigenvalue weighted by Crippen LogP contribution is -1.99. The normalized spacial score (nSPS) is 10.6. The maximum absolute atomic E-state index is 11.8. The van der Waals surface area contributed by atoms with Crippen molar-refractivity contribution < 1.29 is 19.0 Å². The molecule has 112 valence electrons. The summed E-state index contributed by atoms with van der Waals surface area (Å²) in [5.74, 6) is 1.19. The van der Waals surface area contributed by atoms with Gasteiger partial charge in [0.05, 0.1) is 14.2 Å². The van der Waals surface area contributed by atoms with Gasteiger partial charge in [-0.2, -0.15) is 0 Å². The quantitative estimate of drug-likeness (QED) is 0.752. The van der Waals surface area contributed by atoms with Crippen LogP contribution in [0.1, 0.15) is 0 Å². The molecule has 0 atom stereocenters. The third-order valence-electron chi connectivity index (χ3n) is 3.43. The summed E-state index contributed by atoms with van der Waals surface area (Å²) >= 11 is 0. The minimum absolute atomic E-state index is 0.162. The lowest BCUT2D eigenvalue weighted by Gasteiger charge is -2.11. The molecule has 0 bridgehead atoms. The van der Waals surface area contributed by atoms with E-state index < -0.39 is 5.63 Å². The molecule has 1 aromatic heterocycles. The number of fused-ring (bicyclic) bond motifs is 1. The summed E-state index contributed by atoms with van der Waals surface area (Å²) in [4.78, 5) is 11.8. The zero-order valence-electron chi connectivity index (χ0n) is 12.1. The Morgan fingerprint density at radius 1 is 0.955 bits per heavy atom. The Morgan fingerprint density at radius 2 is 1.59 bits per heavy atom. The van der Waals surface area contributed by atoms with Crippen molar-refractivity contribution in [1.82, 2.24) is 0 Å². The van der Waals surface area contributed by atoms with Crippen molar-refractivity contribution in [3.8, 4) is 28.4 Å². The molecule has 0 saturated heterocycles. The number of ether oxygens (including phenoxy) is 2. The molecule has 1 N–H and O–H groups in total. The van der Waals surface area contributed by atoms with E-state index in [-0.39, 0.29) is 5.75 Å². The van der Waals surface area contributed by atoms with Crippen LogP contribution in [0.3, 0.4) is 0 Å². The monoisotopic (exact) mass is 298 g/mol. The van der Waals surface area contributed by atoms with E-state index in [0.717, 1.165) is 10.9 Å². The summed E-state index contributed by atoms with van der Waals surface area (Å²) in [6.07, 6.45) is 0. The predicted octanol–water partition coefficient (Wildman–Crippen LogP) is 3.18. The van der Waals surface area contributed by atoms with Gasteiger partial charge < -0.3 is 19.0 Å². The highest BCUT2D eigenvalue weighted by molar-refractivity contribution is 5.95. The summed E-state index contributed by atoms with van der Waals surface area (Å²) < 4.78 is 15.8. The first kappa shape index (κ1) is 14.0. The van der Waals surface area contributed by atoms with Crippen LogP contribution in [0.5, 0.6) is 17.2 Å². The number of rotatable bonds is 3. The van der Waals surface area contributed by atoms with Crippen molar-refractivity contribution in [2.75, 3.05) is 14.2 Å². The van der Waals surface area contributed by atoms with Gasteiger partial charge in [-0.15, -0.1) is 0 Å². The summed E-state index contributed by atoms with van der Waals surface area (Å²) in [6.45, 7) is 0. The van der Waals surface area contributed by atoms with Crippen LogP contribution in [0, 0.1) is 0 Å². The molecule has 0 amide bonds. The van der Waals surface area contributed by atoms with Crippen LogP contribution in [-0.4, -0.2) is 19.3 Å². The predicted molar refractivity (Wildman–Crippen MR) is 82.7 cm³/mol. The number of hydrogen-bond acceptors (Lipinski definition) is 5. The van der Waals surface area contributed by atoms with Crippen molar-refractivity contribution in [3.63, 3.8) is 0 Å². The van der Waals surface area contributed by atoms with Crippen LogP contribution in [0.25, 0.3) is 22.1 Å². The van der Waals surface area contributed by atoms with Crippen molar-refractivity contribution in [1.29, 1.82) is 0 Å². The van der Waals surface area contributed by atoms with Gasteiger partial charge >= 0.3 is 5.63 Å². The Labute approximate surface area is 126 Å². The molecule has 0 aliphatic rings. The third kappa shape index (κ3) is 2.37. The minimum Gasteiger partial charge on any atom is -0.508 e. The van der Waals surface area contributed by atoms with Gasteiger partial charge in [-0.3, -0.25) is 0 Å². The van der Waals surface area contributed by atoms with Crippen LogP contribution >= 0.6 is 0 Å². The number of hydrogen-bond donors (Lipinski definition) is 1. The molecule has 0 radical (unpaired) electrons. The van der Waals surface area contributed by atoms with Crippen molar-refractivity contribution in [3.05, 3.63) is 52.9 Å². The second kappa shape index (κ2) is 5.44. The van der Waals surface area contributed by atoms with Crippen LogP contribution in [0.2, 0.25) is 0 Å². The molecule has 0 unspecified atom stereocenters. The molecule has 5 heteroatoms. The Kier molecular flexibility index (Phi) is 3.47. The van der Waals surface area contributed by atoms with Crippen LogP contribution in [0.4, 0.5) is 0 Å². The molecule has 5 nitrogen and oxygen atoms in total. The highest BCUT2D eigenvalue weighted by Gasteiger charge is 2.13. The highest BCUT2D eigenvalue weighted by Crippen LogP contribution is 2.36. The first-order valence-corrected chi connectivity index (χ1v) is 6.61. The fourth-order valence-corrected chi connectivity index (χ4v) is 2.37. The average molecular weight is 298 g/mol. The van der Waals surface area contributed by atoms with Crippen LogP contribution < -0.4 is 15.1 Å². The molecule has 3 rings (SSSR count). The molecule has 0 fully saturated rings. The Balaban J connectivity index is 2.33. The molecule has 1 heterocycles. The molecule has 0 aliphatic heterocycles. The van der Waals surface area contributed by atoms with Crippen molar-refractivity contribution in [2.24, 2.45) is 0 Å². The summed E-state index contributed by atoms with van der Waals surface area (Å²) in [5.41, 5.74) is 1.45. The third-order valence-corrected chi connectivity index (χ3v) is 3.43. The van der Waals surface area contributed by atoms with E-state index in [1.165, 1.54) is 13.2 Å². The molecule has 22 heavy (non-hydrogen) atoms. The van der Waals surface area contributed by atoms with Gasteiger partial charge in [-0.05, 0) is 29.3 Å². The van der Waals surface area contributed by atoms with Gasteiger partial charge in [0, 0.05) is 17.5 Å². The zero-order valence-corrected chi connectivity index (χ0v) is 12.1. The van der Waals surface area contributed by atoms with Gasteiger partial charge in [0.2, 0.25) is 0 Å². The lowest BCUT2D eigenvalue weighted by molar-refractivity contribution is 0.355. The standard InChI is InChI=1S/C17H14O5/c1-20-15-7-13-12(10-3-5-11(18)6-4-10)8-17(19)22-14(13)9-16(15)21-2/h3-9,18H,1-2H3. The van der Waals surface area contributed by atoms with E-state index in [4.69, 9.17) is 13.9 Å². The zero-order chi connectivity index (χ0) is 15.7. The second-order valence-corrected chi connectivity index (χ2v) is 4.73. The average Bonchev–Trinajstić information content (AvgIpc) is 2.53. The summed E-state index contributed by atoms with van der Waals surface area (Å²) in [7, 11) is 3.06. The van der Waals surface area contributed by atoms with Crippen LogP contribution in [0.15, 0.2) is 51.7 Å². The van der Waals surface area contributed by atoms with Gasteiger partial charge in [0.25, 0.3) is 0 Å². The Morgan fingerprint density at radius 3 is 2.23 bits per heavy atom. The minimum atomic E-state index is -0.456. The first-order valence-electron chi connectivity index (χ1n) is 6.61. The van der Waals surface area contributed by atoms with E-state index in [2.05, 4.69) is 0 Å². The largest absolute Gasteiger partial charge is 0.508 e. The number of phenolic OH excluding ortho intramolecular Hbond substituents is 1. The van der Waals surface area contributed by atoms with Gasteiger partial charge in [-0.1, -0.05) is 12.1 Å². The molecule has 2 aromatic carbocycles. The number of methoxy groups -OCH3 is 2. The van der Waals surface area contributed by atoms with E-state index in [1.54, 1.807) is 43.5 Å². The maximum atomic E-state index is 11.8. The van der Waals surface area contributed by atoms with Gasteiger partial charge in [-0.25, -0.2) is 4.79 Å². The van der Waals surface area contributed by atoms with E-state index in [9.17, 15) is 9.90 Å². The van der Waals surface area contributed by atoms with E-state index >= 15 is 0 Å². The Bertz CT molecular complexity index is 878. The fraction of sp³-hybridized carbons (Fsp3) is 0.118. The topological polar surface area (TPSA) is 68.9 Å². The number of benzene rings is 2. The molecule has 0 aliphatic carbocycles. The van der Waals surface area contributed by atoms with Gasteiger partial charge in [0.15, 0.2) is 11.5 Å². The highest BCUT2D eigenvalue weighted by atomic mass is 16.5. The SMILES string of the molecule is COc1cc2oc(=O)cc(-c3ccc(O)cc3)c2cc1OC. The lowest BCUT2D eigenvalue weighted by atomic mass is 10.0. The van der Waals surface area contributed by atoms with Gasteiger partial charge in [0.1, 0.15) is 11.3 Å². The number of aromatic hydroxyl groups is 1. The van der Waals surface area contributed by atoms with Crippen LogP contribution in [-0.2, 0) is 0 Å². The van der Waals surface area contributed by atoms with E-state index in [1.807, 2.05) is 0 Å². The molecule has 0 saturated carbocycles. The molecule has 3 aromatic rings. The maximum Gasteiger partial charge on any atom is 0.336 e. The molecular weight excluding hydrogens is 284 g/mol. The van der Waals surface area contributed by atoms with E-state index in [0.29, 0.717) is 22.6 Å². The van der Waals surface area contributed by atoms with Crippen molar-refractivity contribution in [2.45, 2.75) is 0 Å². The fourth-order valence-electron chi connectivity index (χ4n) is 2.37. The van der Waals surface area contributed by atoms with Crippen molar-refractivity contribution >= 4 is 11.0 Å².